The number of hydrogen-bond acceptors (Lipinski definition) is 3. The van der Waals surface area contributed by atoms with Gasteiger partial charge in [0.1, 0.15) is 6.04 Å². The van der Waals surface area contributed by atoms with Gasteiger partial charge in [0.05, 0.1) is 5.60 Å². The summed E-state index contributed by atoms with van der Waals surface area (Å²) in [5.41, 5.74) is -0.292. The molecule has 0 aliphatic rings. The van der Waals surface area contributed by atoms with Gasteiger partial charge in [0.15, 0.2) is 0 Å². The van der Waals surface area contributed by atoms with Crippen molar-refractivity contribution < 1.29 is 19.4 Å². The Morgan fingerprint density at radius 2 is 1.93 bits per heavy atom. The highest BCUT2D eigenvalue weighted by molar-refractivity contribution is 5.81. The zero-order valence-corrected chi connectivity index (χ0v) is 9.66. The molecular formula is C10H19NO4. The topological polar surface area (TPSA) is 75.6 Å². The molecule has 2 N–H and O–H groups in total. The third-order valence-corrected chi connectivity index (χ3v) is 1.62. The van der Waals surface area contributed by atoms with Gasteiger partial charge >= 0.3 is 5.97 Å². The van der Waals surface area contributed by atoms with Gasteiger partial charge in [0, 0.05) is 20.0 Å². The molecule has 0 heterocycles. The van der Waals surface area contributed by atoms with Crippen LogP contribution in [0.3, 0.4) is 0 Å². The smallest absolute Gasteiger partial charge is 0.326 e. The second-order valence-electron chi connectivity index (χ2n) is 4.34. The molecule has 0 aliphatic carbocycles. The average molecular weight is 217 g/mol. The van der Waals surface area contributed by atoms with Crippen molar-refractivity contribution >= 4 is 11.9 Å². The Labute approximate surface area is 89.8 Å². The molecule has 0 fully saturated rings. The zero-order valence-electron chi connectivity index (χ0n) is 9.66. The van der Waals surface area contributed by atoms with Crippen molar-refractivity contribution in [2.75, 3.05) is 6.61 Å². The molecule has 5 nitrogen and oxygen atoms in total. The van der Waals surface area contributed by atoms with Crippen LogP contribution in [0.5, 0.6) is 0 Å². The summed E-state index contributed by atoms with van der Waals surface area (Å²) in [7, 11) is 0. The van der Waals surface area contributed by atoms with E-state index in [1.54, 1.807) is 0 Å². The lowest BCUT2D eigenvalue weighted by atomic mass is 10.2. The molecule has 0 aromatic rings. The maximum Gasteiger partial charge on any atom is 0.326 e. The van der Waals surface area contributed by atoms with E-state index >= 15 is 0 Å². The fourth-order valence-corrected chi connectivity index (χ4v) is 0.986. The summed E-state index contributed by atoms with van der Waals surface area (Å²) in [6.45, 7) is 7.27. The number of hydrogen-bond donors (Lipinski definition) is 2. The summed E-state index contributed by atoms with van der Waals surface area (Å²) in [6.07, 6.45) is 0.270. The predicted octanol–water partition coefficient (Wildman–Crippen LogP) is 0.781. The van der Waals surface area contributed by atoms with Crippen LogP contribution in [-0.2, 0) is 14.3 Å². The lowest BCUT2D eigenvalue weighted by molar-refractivity contribution is -0.142. The number of rotatable bonds is 5. The van der Waals surface area contributed by atoms with Gasteiger partial charge in [-0.15, -0.1) is 0 Å². The zero-order chi connectivity index (χ0) is 12.1. The van der Waals surface area contributed by atoms with Crippen LogP contribution in [0.1, 0.15) is 34.1 Å². The molecule has 0 spiro atoms. The highest BCUT2D eigenvalue weighted by Crippen LogP contribution is 2.07. The number of carbonyl (C=O) groups excluding carboxylic acids is 1. The lowest BCUT2D eigenvalue weighted by Gasteiger charge is -2.21. The maximum absolute atomic E-state index is 10.7. The minimum atomic E-state index is -1.04. The van der Waals surface area contributed by atoms with Crippen molar-refractivity contribution in [1.82, 2.24) is 5.32 Å². The van der Waals surface area contributed by atoms with E-state index in [2.05, 4.69) is 5.32 Å². The third-order valence-electron chi connectivity index (χ3n) is 1.62. The van der Waals surface area contributed by atoms with E-state index in [1.165, 1.54) is 6.92 Å². The Morgan fingerprint density at radius 3 is 2.27 bits per heavy atom. The van der Waals surface area contributed by atoms with Crippen LogP contribution in [0.4, 0.5) is 0 Å². The Hall–Kier alpha value is -1.10. The summed E-state index contributed by atoms with van der Waals surface area (Å²) in [5, 5.41) is 11.1. The van der Waals surface area contributed by atoms with E-state index in [0.29, 0.717) is 6.61 Å². The molecule has 88 valence electrons. The molecule has 0 saturated heterocycles. The summed E-state index contributed by atoms with van der Waals surface area (Å²) < 4.78 is 5.38. The lowest BCUT2D eigenvalue weighted by Crippen LogP contribution is -2.40. The van der Waals surface area contributed by atoms with Crippen molar-refractivity contribution in [3.05, 3.63) is 0 Å². The number of carboxylic acid groups (broad SMARTS) is 1. The van der Waals surface area contributed by atoms with E-state index in [-0.39, 0.29) is 17.9 Å². The molecule has 0 saturated carbocycles. The molecule has 1 atom stereocenters. The van der Waals surface area contributed by atoms with E-state index in [0.717, 1.165) is 0 Å². The van der Waals surface area contributed by atoms with Crippen molar-refractivity contribution in [1.29, 1.82) is 0 Å². The molecule has 0 unspecified atom stereocenters. The van der Waals surface area contributed by atoms with Crippen molar-refractivity contribution in [3.8, 4) is 0 Å². The molecule has 0 rings (SSSR count). The van der Waals surface area contributed by atoms with Crippen LogP contribution in [0.25, 0.3) is 0 Å². The predicted molar refractivity (Wildman–Crippen MR) is 55.6 cm³/mol. The van der Waals surface area contributed by atoms with Gasteiger partial charge in [0.2, 0.25) is 5.91 Å². The number of carboxylic acids is 1. The Morgan fingerprint density at radius 1 is 1.40 bits per heavy atom. The molecule has 1 amide bonds. The fraction of sp³-hybridized carbons (Fsp3) is 0.800. The van der Waals surface area contributed by atoms with Gasteiger partial charge in [-0.1, -0.05) is 0 Å². The fourth-order valence-electron chi connectivity index (χ4n) is 0.986. The number of carbonyl (C=O) groups is 2. The molecule has 0 aromatic carbocycles. The first-order valence-corrected chi connectivity index (χ1v) is 4.86. The molecule has 0 aliphatic heterocycles. The van der Waals surface area contributed by atoms with Gasteiger partial charge in [-0.05, 0) is 20.8 Å². The first-order valence-electron chi connectivity index (χ1n) is 4.86. The first kappa shape index (κ1) is 13.9. The van der Waals surface area contributed by atoms with E-state index < -0.39 is 12.0 Å². The largest absolute Gasteiger partial charge is 0.480 e. The van der Waals surface area contributed by atoms with Crippen LogP contribution in [-0.4, -0.2) is 35.2 Å². The molecule has 5 heteroatoms. The van der Waals surface area contributed by atoms with Crippen LogP contribution in [0.15, 0.2) is 0 Å². The maximum atomic E-state index is 10.7. The minimum Gasteiger partial charge on any atom is -0.480 e. The second kappa shape index (κ2) is 5.70. The summed E-state index contributed by atoms with van der Waals surface area (Å²) in [6, 6.07) is -0.871. The molecule has 0 bridgehead atoms. The van der Waals surface area contributed by atoms with Crippen molar-refractivity contribution in [2.24, 2.45) is 0 Å². The van der Waals surface area contributed by atoms with Crippen LogP contribution >= 0.6 is 0 Å². The average Bonchev–Trinajstić information content (AvgIpc) is 1.99. The summed E-state index contributed by atoms with van der Waals surface area (Å²) >= 11 is 0. The van der Waals surface area contributed by atoms with Gasteiger partial charge in [0.25, 0.3) is 0 Å². The quantitative estimate of drug-likeness (QED) is 0.713. The minimum absolute atomic E-state index is 0.270. The van der Waals surface area contributed by atoms with Crippen LogP contribution < -0.4 is 5.32 Å². The van der Waals surface area contributed by atoms with E-state index in [4.69, 9.17) is 9.84 Å². The number of ether oxygens (including phenoxy) is 1. The summed E-state index contributed by atoms with van der Waals surface area (Å²) in [4.78, 5) is 21.4. The molecule has 0 aromatic heterocycles. The number of aliphatic carboxylic acids is 1. The van der Waals surface area contributed by atoms with Gasteiger partial charge in [-0.25, -0.2) is 4.79 Å². The monoisotopic (exact) mass is 217 g/mol. The highest BCUT2D eigenvalue weighted by Gasteiger charge is 2.19. The first-order chi connectivity index (χ1) is 6.72. The van der Waals surface area contributed by atoms with Crippen LogP contribution in [0, 0.1) is 0 Å². The Bertz CT molecular complexity index is 232. The van der Waals surface area contributed by atoms with Crippen LogP contribution in [0.2, 0.25) is 0 Å². The Balaban J connectivity index is 3.98. The van der Waals surface area contributed by atoms with Crippen molar-refractivity contribution in [3.63, 3.8) is 0 Å². The van der Waals surface area contributed by atoms with Gasteiger partial charge < -0.3 is 15.2 Å². The van der Waals surface area contributed by atoms with E-state index in [9.17, 15) is 9.59 Å². The molecule has 0 radical (unpaired) electrons. The Kier molecular flexibility index (Phi) is 5.28. The van der Waals surface area contributed by atoms with Crippen molar-refractivity contribution in [2.45, 2.75) is 45.8 Å². The number of nitrogens with one attached hydrogen (secondary N) is 1. The second-order valence-corrected chi connectivity index (χ2v) is 4.34. The van der Waals surface area contributed by atoms with Gasteiger partial charge in [-0.3, -0.25) is 4.79 Å². The van der Waals surface area contributed by atoms with Gasteiger partial charge in [-0.2, -0.15) is 0 Å². The molecular weight excluding hydrogens is 198 g/mol. The normalized spacial score (nSPS) is 13.3. The SMILES string of the molecule is CC(=O)N[C@H](CCOC(C)(C)C)C(=O)O. The highest BCUT2D eigenvalue weighted by atomic mass is 16.5. The van der Waals surface area contributed by atoms with E-state index in [1.807, 2.05) is 20.8 Å². The molecule has 15 heavy (non-hydrogen) atoms. The number of amides is 1. The summed E-state index contributed by atoms with van der Waals surface area (Å²) in [5.74, 6) is -1.39. The standard InChI is InChI=1S/C10H19NO4/c1-7(12)11-8(9(13)14)5-6-15-10(2,3)4/h8H,5-6H2,1-4H3,(H,11,12)(H,13,14)/t8-/m1/s1. The third kappa shape index (κ3) is 7.93.